The molecule has 0 saturated heterocycles. The fraction of sp³-hybridized carbons (Fsp3) is 0.900. The van der Waals surface area contributed by atoms with E-state index in [2.05, 4.69) is 10.2 Å². The average Bonchev–Trinajstić information content (AvgIpc) is 2.60. The summed E-state index contributed by atoms with van der Waals surface area (Å²) in [5, 5.41) is 2.95. The lowest BCUT2D eigenvalue weighted by Crippen LogP contribution is -2.45. The van der Waals surface area contributed by atoms with Gasteiger partial charge in [0.15, 0.2) is 0 Å². The third-order valence-electron chi connectivity index (χ3n) is 2.08. The highest BCUT2D eigenvalue weighted by Gasteiger charge is 2.27. The van der Waals surface area contributed by atoms with E-state index in [4.69, 9.17) is 0 Å². The number of hydrogen-bond acceptors (Lipinski definition) is 2. The fourth-order valence-electron chi connectivity index (χ4n) is 1.33. The third kappa shape index (κ3) is 4.27. The van der Waals surface area contributed by atoms with E-state index in [0.717, 1.165) is 0 Å². The van der Waals surface area contributed by atoms with Gasteiger partial charge in [-0.05, 0) is 40.7 Å². The van der Waals surface area contributed by atoms with E-state index in [1.54, 1.807) is 0 Å². The number of carbonyl (C=O) groups excluding carboxylic acids is 1. The van der Waals surface area contributed by atoms with E-state index in [0.29, 0.717) is 12.6 Å². The van der Waals surface area contributed by atoms with Crippen LogP contribution in [0.5, 0.6) is 0 Å². The molecule has 1 aliphatic carbocycles. The van der Waals surface area contributed by atoms with Crippen molar-refractivity contribution in [3.8, 4) is 0 Å². The van der Waals surface area contributed by atoms with Crippen LogP contribution >= 0.6 is 0 Å². The van der Waals surface area contributed by atoms with E-state index < -0.39 is 0 Å². The highest BCUT2D eigenvalue weighted by molar-refractivity contribution is 5.78. The molecule has 3 nitrogen and oxygen atoms in total. The van der Waals surface area contributed by atoms with Gasteiger partial charge in [-0.3, -0.25) is 9.69 Å². The second kappa shape index (κ2) is 3.66. The summed E-state index contributed by atoms with van der Waals surface area (Å²) in [4.78, 5) is 13.6. The first-order chi connectivity index (χ1) is 5.88. The molecule has 0 aliphatic heterocycles. The number of likely N-dealkylation sites (N-methyl/N-ethyl adjacent to an activating group) is 1. The van der Waals surface area contributed by atoms with Gasteiger partial charge in [-0.15, -0.1) is 0 Å². The van der Waals surface area contributed by atoms with Gasteiger partial charge in [0.1, 0.15) is 0 Å². The summed E-state index contributed by atoms with van der Waals surface area (Å²) in [5.74, 6) is 0.127. The van der Waals surface area contributed by atoms with Gasteiger partial charge >= 0.3 is 0 Å². The monoisotopic (exact) mass is 184 g/mol. The zero-order valence-corrected chi connectivity index (χ0v) is 9.05. The fourth-order valence-corrected chi connectivity index (χ4v) is 1.33. The number of rotatable bonds is 3. The van der Waals surface area contributed by atoms with Crippen LogP contribution in [0.15, 0.2) is 0 Å². The summed E-state index contributed by atoms with van der Waals surface area (Å²) in [6, 6.07) is 0.658. The molecule has 0 heterocycles. The first kappa shape index (κ1) is 10.5. The lowest BCUT2D eigenvalue weighted by Gasteiger charge is -2.23. The minimum atomic E-state index is -0.110. The molecule has 0 aromatic carbocycles. The number of nitrogens with zero attached hydrogens (tertiary/aromatic N) is 1. The minimum Gasteiger partial charge on any atom is -0.350 e. The molecule has 3 heteroatoms. The molecule has 76 valence electrons. The largest absolute Gasteiger partial charge is 0.350 e. The lowest BCUT2D eigenvalue weighted by molar-refractivity contribution is -0.123. The molecule has 1 saturated carbocycles. The number of nitrogens with one attached hydrogen (secondary N) is 1. The molecule has 0 unspecified atom stereocenters. The molecule has 0 aromatic rings. The second-order valence-electron chi connectivity index (χ2n) is 4.94. The highest BCUT2D eigenvalue weighted by Crippen LogP contribution is 2.24. The van der Waals surface area contributed by atoms with Crippen LogP contribution in [-0.2, 0) is 4.79 Å². The molecule has 1 fully saturated rings. The van der Waals surface area contributed by atoms with Gasteiger partial charge < -0.3 is 5.32 Å². The van der Waals surface area contributed by atoms with E-state index in [1.165, 1.54) is 12.8 Å². The predicted molar refractivity (Wildman–Crippen MR) is 53.5 cm³/mol. The molecule has 1 aliphatic rings. The molecule has 0 aromatic heterocycles. The van der Waals surface area contributed by atoms with Crippen molar-refractivity contribution in [3.63, 3.8) is 0 Å². The van der Waals surface area contributed by atoms with Crippen LogP contribution in [0.3, 0.4) is 0 Å². The van der Waals surface area contributed by atoms with Gasteiger partial charge in [-0.1, -0.05) is 0 Å². The van der Waals surface area contributed by atoms with Crippen molar-refractivity contribution >= 4 is 5.91 Å². The Balaban J connectivity index is 2.24. The van der Waals surface area contributed by atoms with Crippen molar-refractivity contribution in [1.82, 2.24) is 10.2 Å². The zero-order chi connectivity index (χ0) is 10.1. The summed E-state index contributed by atoms with van der Waals surface area (Å²) < 4.78 is 0. The Bertz CT molecular complexity index is 192. The van der Waals surface area contributed by atoms with Crippen LogP contribution in [-0.4, -0.2) is 36.0 Å². The Hall–Kier alpha value is -0.570. The second-order valence-corrected chi connectivity index (χ2v) is 4.94. The van der Waals surface area contributed by atoms with E-state index in [1.807, 2.05) is 27.8 Å². The predicted octanol–water partition coefficient (Wildman–Crippen LogP) is 0.995. The molecule has 1 rings (SSSR count). The minimum absolute atomic E-state index is 0.110. The van der Waals surface area contributed by atoms with Gasteiger partial charge in [0, 0.05) is 11.6 Å². The van der Waals surface area contributed by atoms with Gasteiger partial charge in [-0.2, -0.15) is 0 Å². The maximum absolute atomic E-state index is 11.4. The molecule has 0 spiro atoms. The smallest absolute Gasteiger partial charge is 0.234 e. The van der Waals surface area contributed by atoms with Crippen molar-refractivity contribution < 1.29 is 4.79 Å². The van der Waals surface area contributed by atoms with E-state index >= 15 is 0 Å². The highest BCUT2D eigenvalue weighted by atomic mass is 16.2. The van der Waals surface area contributed by atoms with Crippen molar-refractivity contribution in [2.75, 3.05) is 13.6 Å². The Labute approximate surface area is 80.5 Å². The summed E-state index contributed by atoms with van der Waals surface area (Å²) in [6.07, 6.45) is 2.50. The summed E-state index contributed by atoms with van der Waals surface area (Å²) in [5.41, 5.74) is -0.110. The molecule has 1 N–H and O–H groups in total. The van der Waals surface area contributed by atoms with E-state index in [-0.39, 0.29) is 11.4 Å². The van der Waals surface area contributed by atoms with Gasteiger partial charge in [0.25, 0.3) is 0 Å². The summed E-state index contributed by atoms with van der Waals surface area (Å²) in [6.45, 7) is 6.54. The SMILES string of the molecule is CN(CC(=O)NC(C)(C)C)C1CC1. The first-order valence-electron chi connectivity index (χ1n) is 4.90. The Morgan fingerprint density at radius 3 is 2.38 bits per heavy atom. The topological polar surface area (TPSA) is 32.3 Å². The van der Waals surface area contributed by atoms with Crippen molar-refractivity contribution in [3.05, 3.63) is 0 Å². The summed E-state index contributed by atoms with van der Waals surface area (Å²) in [7, 11) is 2.01. The zero-order valence-electron chi connectivity index (χ0n) is 9.05. The van der Waals surface area contributed by atoms with Crippen LogP contribution in [0.25, 0.3) is 0 Å². The molecule has 0 radical (unpaired) electrons. The van der Waals surface area contributed by atoms with Gasteiger partial charge in [0.05, 0.1) is 6.54 Å². The average molecular weight is 184 g/mol. The van der Waals surface area contributed by atoms with Crippen molar-refractivity contribution in [2.24, 2.45) is 0 Å². The van der Waals surface area contributed by atoms with Gasteiger partial charge in [-0.25, -0.2) is 0 Å². The summed E-state index contributed by atoms with van der Waals surface area (Å²) >= 11 is 0. The van der Waals surface area contributed by atoms with Gasteiger partial charge in [0.2, 0.25) is 5.91 Å². The number of amides is 1. The molecule has 13 heavy (non-hydrogen) atoms. The number of hydrogen-bond donors (Lipinski definition) is 1. The molecule has 0 bridgehead atoms. The maximum atomic E-state index is 11.4. The van der Waals surface area contributed by atoms with Crippen molar-refractivity contribution in [1.29, 1.82) is 0 Å². The number of carbonyl (C=O) groups is 1. The normalized spacial score (nSPS) is 17.6. The molecule has 1 amide bonds. The third-order valence-corrected chi connectivity index (χ3v) is 2.08. The van der Waals surface area contributed by atoms with Crippen LogP contribution < -0.4 is 5.32 Å². The standard InChI is InChI=1S/C10H20N2O/c1-10(2,3)11-9(13)7-12(4)8-5-6-8/h8H,5-7H2,1-4H3,(H,11,13). The van der Waals surface area contributed by atoms with Crippen LogP contribution in [0.4, 0.5) is 0 Å². The van der Waals surface area contributed by atoms with Crippen LogP contribution in [0, 0.1) is 0 Å². The Kier molecular flexibility index (Phi) is 2.96. The van der Waals surface area contributed by atoms with E-state index in [9.17, 15) is 4.79 Å². The van der Waals surface area contributed by atoms with Crippen molar-refractivity contribution in [2.45, 2.75) is 45.2 Å². The lowest BCUT2D eigenvalue weighted by atomic mass is 10.1. The maximum Gasteiger partial charge on any atom is 0.234 e. The Morgan fingerprint density at radius 2 is 2.00 bits per heavy atom. The quantitative estimate of drug-likeness (QED) is 0.709. The first-order valence-corrected chi connectivity index (χ1v) is 4.90. The molecular formula is C10H20N2O. The van der Waals surface area contributed by atoms with Crippen LogP contribution in [0.2, 0.25) is 0 Å². The molecular weight excluding hydrogens is 164 g/mol. The Morgan fingerprint density at radius 1 is 1.46 bits per heavy atom. The van der Waals surface area contributed by atoms with Crippen LogP contribution in [0.1, 0.15) is 33.6 Å². The molecule has 0 atom stereocenters.